The quantitative estimate of drug-likeness (QED) is 0.695. The monoisotopic (exact) mass is 412 g/mol. The van der Waals surface area contributed by atoms with E-state index >= 15 is 0 Å². The highest BCUT2D eigenvalue weighted by Gasteiger charge is 2.24. The molecule has 1 aromatic carbocycles. The molecule has 0 atom stereocenters. The van der Waals surface area contributed by atoms with Crippen LogP contribution in [0.25, 0.3) is 0 Å². The first-order valence-corrected chi connectivity index (χ1v) is 10.4. The summed E-state index contributed by atoms with van der Waals surface area (Å²) in [6.07, 6.45) is 0. The zero-order chi connectivity index (χ0) is 18.9. The van der Waals surface area contributed by atoms with Crippen molar-refractivity contribution >= 4 is 49.4 Å². The highest BCUT2D eigenvalue weighted by atomic mass is 32.2. The SMILES string of the molecule is Cc1nnc(NC(=O)c2cc(S(=O)(=O)N(C)c3ccc(F)cc3)cs2)s1. The lowest BCUT2D eigenvalue weighted by atomic mass is 10.3. The highest BCUT2D eigenvalue weighted by Crippen LogP contribution is 2.27. The number of nitrogens with zero attached hydrogens (tertiary/aromatic N) is 3. The molecule has 0 aliphatic heterocycles. The van der Waals surface area contributed by atoms with Gasteiger partial charge in [0.1, 0.15) is 10.8 Å². The molecule has 0 fully saturated rings. The predicted octanol–water partition coefficient (Wildman–Crippen LogP) is 3.12. The Bertz CT molecular complexity index is 1040. The van der Waals surface area contributed by atoms with Crippen LogP contribution in [0.2, 0.25) is 0 Å². The van der Waals surface area contributed by atoms with Gasteiger partial charge in [0.2, 0.25) is 5.13 Å². The van der Waals surface area contributed by atoms with E-state index in [9.17, 15) is 17.6 Å². The van der Waals surface area contributed by atoms with Crippen molar-refractivity contribution in [1.29, 1.82) is 0 Å². The minimum absolute atomic E-state index is 0.0204. The summed E-state index contributed by atoms with van der Waals surface area (Å²) in [6, 6.07) is 6.38. The number of aromatic nitrogens is 2. The predicted molar refractivity (Wildman–Crippen MR) is 98.9 cm³/mol. The van der Waals surface area contributed by atoms with Crippen molar-refractivity contribution in [1.82, 2.24) is 10.2 Å². The second kappa shape index (κ2) is 7.09. The lowest BCUT2D eigenvalue weighted by Gasteiger charge is -2.18. The van der Waals surface area contributed by atoms with Gasteiger partial charge in [-0.25, -0.2) is 12.8 Å². The zero-order valence-electron chi connectivity index (χ0n) is 13.6. The summed E-state index contributed by atoms with van der Waals surface area (Å²) < 4.78 is 39.5. The van der Waals surface area contributed by atoms with Crippen LogP contribution < -0.4 is 9.62 Å². The molecule has 26 heavy (non-hydrogen) atoms. The van der Waals surface area contributed by atoms with Crippen molar-refractivity contribution in [3.63, 3.8) is 0 Å². The normalized spacial score (nSPS) is 11.3. The molecule has 1 amide bonds. The Morgan fingerprint density at radius 2 is 1.92 bits per heavy atom. The fourth-order valence-electron chi connectivity index (χ4n) is 2.03. The molecule has 136 valence electrons. The maximum Gasteiger partial charge on any atom is 0.267 e. The Labute approximate surface area is 157 Å². The van der Waals surface area contributed by atoms with Gasteiger partial charge in [-0.2, -0.15) is 0 Å². The first-order chi connectivity index (χ1) is 12.3. The fraction of sp³-hybridized carbons (Fsp3) is 0.133. The molecule has 3 aromatic rings. The van der Waals surface area contributed by atoms with Crippen LogP contribution in [0.1, 0.15) is 14.7 Å². The van der Waals surface area contributed by atoms with E-state index in [4.69, 9.17) is 0 Å². The Kier molecular flexibility index (Phi) is 5.03. The second-order valence-corrected chi connectivity index (χ2v) is 9.24. The van der Waals surface area contributed by atoms with Gasteiger partial charge in [-0.15, -0.1) is 21.5 Å². The van der Waals surface area contributed by atoms with E-state index in [1.54, 1.807) is 6.92 Å². The molecule has 7 nitrogen and oxygen atoms in total. The summed E-state index contributed by atoms with van der Waals surface area (Å²) in [6.45, 7) is 1.76. The second-order valence-electron chi connectivity index (χ2n) is 5.18. The van der Waals surface area contributed by atoms with Crippen LogP contribution in [0.5, 0.6) is 0 Å². The fourth-order valence-corrected chi connectivity index (χ4v) is 4.97. The summed E-state index contributed by atoms with van der Waals surface area (Å²) in [5, 5.41) is 12.6. The van der Waals surface area contributed by atoms with Gasteiger partial charge in [0.05, 0.1) is 15.5 Å². The van der Waals surface area contributed by atoms with E-state index in [-0.39, 0.29) is 9.77 Å². The van der Waals surface area contributed by atoms with E-state index in [2.05, 4.69) is 15.5 Å². The number of carbonyl (C=O) groups excluding carboxylic acids is 1. The third-order valence-electron chi connectivity index (χ3n) is 3.39. The van der Waals surface area contributed by atoms with Crippen LogP contribution in [-0.4, -0.2) is 31.6 Å². The first-order valence-electron chi connectivity index (χ1n) is 7.22. The van der Waals surface area contributed by atoms with Crippen molar-refractivity contribution in [2.45, 2.75) is 11.8 Å². The number of anilines is 2. The number of hydrogen-bond acceptors (Lipinski definition) is 7. The lowest BCUT2D eigenvalue weighted by Crippen LogP contribution is -2.26. The third-order valence-corrected chi connectivity index (χ3v) is 6.99. The number of benzene rings is 1. The van der Waals surface area contributed by atoms with Crippen molar-refractivity contribution < 1.29 is 17.6 Å². The smallest absolute Gasteiger partial charge is 0.267 e. The standard InChI is InChI=1S/C15H13FN4O3S3/c1-9-18-19-15(25-9)17-14(21)13-7-12(8-24-13)26(22,23)20(2)11-5-3-10(16)4-6-11/h3-8H,1-2H3,(H,17,19,21). The van der Waals surface area contributed by atoms with Gasteiger partial charge in [-0.1, -0.05) is 11.3 Å². The van der Waals surface area contributed by atoms with Gasteiger partial charge in [-0.05, 0) is 37.3 Å². The van der Waals surface area contributed by atoms with E-state index in [0.717, 1.165) is 15.6 Å². The summed E-state index contributed by atoms with van der Waals surface area (Å²) in [4.78, 5) is 12.4. The average Bonchev–Trinajstić information content (AvgIpc) is 3.24. The van der Waals surface area contributed by atoms with Gasteiger partial charge in [0.15, 0.2) is 0 Å². The van der Waals surface area contributed by atoms with Crippen LogP contribution in [-0.2, 0) is 10.0 Å². The molecule has 3 rings (SSSR count). The summed E-state index contributed by atoms with van der Waals surface area (Å²) in [5.74, 6) is -0.919. The summed E-state index contributed by atoms with van der Waals surface area (Å²) in [7, 11) is -2.51. The molecule has 2 heterocycles. The number of sulfonamides is 1. The molecule has 0 aliphatic rings. The topological polar surface area (TPSA) is 92.3 Å². The summed E-state index contributed by atoms with van der Waals surface area (Å²) in [5.41, 5.74) is 0.313. The molecular weight excluding hydrogens is 399 g/mol. The number of thiophene rings is 1. The van der Waals surface area contributed by atoms with E-state index in [0.29, 0.717) is 15.8 Å². The molecule has 2 aromatic heterocycles. The van der Waals surface area contributed by atoms with Crippen LogP contribution >= 0.6 is 22.7 Å². The van der Waals surface area contributed by atoms with Crippen molar-refractivity contribution in [2.24, 2.45) is 0 Å². The molecule has 0 unspecified atom stereocenters. The number of amides is 1. The molecule has 0 bridgehead atoms. The van der Waals surface area contributed by atoms with Crippen LogP contribution in [0.15, 0.2) is 40.6 Å². The lowest BCUT2D eigenvalue weighted by molar-refractivity contribution is 0.103. The Morgan fingerprint density at radius 3 is 2.54 bits per heavy atom. The zero-order valence-corrected chi connectivity index (χ0v) is 16.1. The van der Waals surface area contributed by atoms with Gasteiger partial charge in [-0.3, -0.25) is 14.4 Å². The minimum Gasteiger partial charge on any atom is -0.296 e. The Morgan fingerprint density at radius 1 is 1.23 bits per heavy atom. The van der Waals surface area contributed by atoms with Crippen LogP contribution in [0, 0.1) is 12.7 Å². The van der Waals surface area contributed by atoms with Gasteiger partial charge >= 0.3 is 0 Å². The first kappa shape index (κ1) is 18.4. The maximum atomic E-state index is 13.0. The van der Waals surface area contributed by atoms with Crippen molar-refractivity contribution in [2.75, 3.05) is 16.7 Å². The van der Waals surface area contributed by atoms with Crippen molar-refractivity contribution in [3.8, 4) is 0 Å². The van der Waals surface area contributed by atoms with Crippen LogP contribution in [0.4, 0.5) is 15.2 Å². The Balaban J connectivity index is 1.81. The molecular formula is C15H13FN4O3S3. The number of hydrogen-bond donors (Lipinski definition) is 1. The van der Waals surface area contributed by atoms with Crippen LogP contribution in [0.3, 0.4) is 0 Å². The average molecular weight is 412 g/mol. The van der Waals surface area contributed by atoms with E-state index in [1.807, 2.05) is 0 Å². The van der Waals surface area contributed by atoms with Crippen molar-refractivity contribution in [3.05, 3.63) is 51.4 Å². The molecule has 0 saturated heterocycles. The highest BCUT2D eigenvalue weighted by molar-refractivity contribution is 7.93. The molecule has 1 N–H and O–H groups in total. The minimum atomic E-state index is -3.87. The number of halogens is 1. The van der Waals surface area contributed by atoms with Gasteiger partial charge in [0.25, 0.3) is 15.9 Å². The van der Waals surface area contributed by atoms with Gasteiger partial charge in [0, 0.05) is 12.4 Å². The number of aryl methyl sites for hydroxylation is 1. The molecule has 0 radical (unpaired) electrons. The summed E-state index contributed by atoms with van der Waals surface area (Å²) >= 11 is 2.22. The number of carbonyl (C=O) groups is 1. The number of nitrogens with one attached hydrogen (secondary N) is 1. The van der Waals surface area contributed by atoms with E-state index in [1.165, 1.54) is 54.1 Å². The largest absolute Gasteiger partial charge is 0.296 e. The third kappa shape index (κ3) is 3.74. The maximum absolute atomic E-state index is 13.0. The van der Waals surface area contributed by atoms with E-state index < -0.39 is 21.7 Å². The molecule has 0 spiro atoms. The number of rotatable bonds is 5. The molecule has 11 heteroatoms. The molecule has 0 saturated carbocycles. The van der Waals surface area contributed by atoms with Gasteiger partial charge < -0.3 is 0 Å². The Hall–Kier alpha value is -2.37. The molecule has 0 aliphatic carbocycles.